The van der Waals surface area contributed by atoms with Crippen molar-refractivity contribution in [3.63, 3.8) is 0 Å². The third-order valence-electron chi connectivity index (χ3n) is 6.04. The van der Waals surface area contributed by atoms with Crippen LogP contribution in [0.15, 0.2) is 36.9 Å². The van der Waals surface area contributed by atoms with Crippen LogP contribution in [0.5, 0.6) is 0 Å². The number of nitrogens with zero attached hydrogens (tertiary/aromatic N) is 1. The smallest absolute Gasteiger partial charge is 0.253 e. The maximum Gasteiger partial charge on any atom is 0.253 e. The van der Waals surface area contributed by atoms with Gasteiger partial charge in [-0.1, -0.05) is 38.5 Å². The van der Waals surface area contributed by atoms with E-state index in [1.165, 1.54) is 37.3 Å². The summed E-state index contributed by atoms with van der Waals surface area (Å²) in [6.07, 6.45) is 7.40. The van der Waals surface area contributed by atoms with E-state index in [1.54, 1.807) is 0 Å². The van der Waals surface area contributed by atoms with Gasteiger partial charge in [0, 0.05) is 25.2 Å². The van der Waals surface area contributed by atoms with E-state index in [0.717, 1.165) is 25.1 Å². The molecule has 1 aromatic rings. The normalized spacial score (nSPS) is 23.2. The number of hydrogen-bond donors (Lipinski definition) is 1. The molecule has 2 atom stereocenters. The molecule has 1 saturated carbocycles. The molecule has 0 radical (unpaired) electrons. The van der Waals surface area contributed by atoms with Gasteiger partial charge in [0.25, 0.3) is 5.91 Å². The van der Waals surface area contributed by atoms with Crippen LogP contribution in [-0.4, -0.2) is 36.3 Å². The molecule has 1 N–H and O–H groups in total. The van der Waals surface area contributed by atoms with Crippen molar-refractivity contribution in [2.24, 2.45) is 11.8 Å². The molecule has 0 aromatic heterocycles. The predicted molar refractivity (Wildman–Crippen MR) is 104 cm³/mol. The van der Waals surface area contributed by atoms with Gasteiger partial charge in [0.15, 0.2) is 0 Å². The van der Waals surface area contributed by atoms with E-state index in [9.17, 15) is 9.59 Å². The van der Waals surface area contributed by atoms with Crippen LogP contribution in [0, 0.1) is 11.8 Å². The molecular formula is C22H30N2O2. The Hall–Kier alpha value is -2.10. The average Bonchev–Trinajstić information content (AvgIpc) is 3.31. The first-order chi connectivity index (χ1) is 12.6. The summed E-state index contributed by atoms with van der Waals surface area (Å²) in [6, 6.07) is 8.28. The van der Waals surface area contributed by atoms with Gasteiger partial charge in [0.2, 0.25) is 5.91 Å². The summed E-state index contributed by atoms with van der Waals surface area (Å²) in [4.78, 5) is 26.1. The fraction of sp³-hybridized carbons (Fsp3) is 0.545. The number of nitrogens with one attached hydrogen (secondary N) is 1. The molecule has 140 valence electrons. The number of rotatable bonds is 6. The molecule has 1 saturated heterocycles. The second-order valence-corrected chi connectivity index (χ2v) is 7.83. The molecule has 2 fully saturated rings. The summed E-state index contributed by atoms with van der Waals surface area (Å²) in [5.74, 6) is 1.57. The SMILES string of the molecule is C=CC(=O)NCC[C@@H]1CN(C(=O)c2ccc(C3CCCC3)cc2)C[C@H]1C. The van der Waals surface area contributed by atoms with Crippen molar-refractivity contribution in [2.75, 3.05) is 19.6 Å². The van der Waals surface area contributed by atoms with E-state index in [-0.39, 0.29) is 11.8 Å². The Bertz CT molecular complexity index is 647. The van der Waals surface area contributed by atoms with Gasteiger partial charge >= 0.3 is 0 Å². The largest absolute Gasteiger partial charge is 0.353 e. The fourth-order valence-corrected chi connectivity index (χ4v) is 4.37. The van der Waals surface area contributed by atoms with Gasteiger partial charge in [-0.3, -0.25) is 9.59 Å². The lowest BCUT2D eigenvalue weighted by atomic mass is 9.95. The lowest BCUT2D eigenvalue weighted by molar-refractivity contribution is -0.116. The minimum atomic E-state index is -0.133. The molecule has 4 nitrogen and oxygen atoms in total. The van der Waals surface area contributed by atoms with Crippen LogP contribution >= 0.6 is 0 Å². The summed E-state index contributed by atoms with van der Waals surface area (Å²) in [7, 11) is 0. The second kappa shape index (κ2) is 8.52. The average molecular weight is 354 g/mol. The third-order valence-corrected chi connectivity index (χ3v) is 6.04. The molecule has 2 aliphatic rings. The monoisotopic (exact) mass is 354 g/mol. The van der Waals surface area contributed by atoms with Gasteiger partial charge in [0.1, 0.15) is 0 Å². The zero-order valence-corrected chi connectivity index (χ0v) is 15.7. The van der Waals surface area contributed by atoms with E-state index >= 15 is 0 Å². The molecule has 1 aliphatic carbocycles. The summed E-state index contributed by atoms with van der Waals surface area (Å²) < 4.78 is 0. The lowest BCUT2D eigenvalue weighted by Crippen LogP contribution is -2.29. The molecule has 0 bridgehead atoms. The highest BCUT2D eigenvalue weighted by atomic mass is 16.2. The highest BCUT2D eigenvalue weighted by Crippen LogP contribution is 2.34. The zero-order chi connectivity index (χ0) is 18.5. The maximum atomic E-state index is 12.8. The van der Waals surface area contributed by atoms with Gasteiger partial charge in [-0.15, -0.1) is 0 Å². The zero-order valence-electron chi connectivity index (χ0n) is 15.7. The minimum Gasteiger partial charge on any atom is -0.353 e. The van der Waals surface area contributed by atoms with E-state index < -0.39 is 0 Å². The first kappa shape index (κ1) is 18.7. The Morgan fingerprint density at radius 2 is 1.88 bits per heavy atom. The van der Waals surface area contributed by atoms with Crippen LogP contribution in [-0.2, 0) is 4.79 Å². The highest BCUT2D eigenvalue weighted by molar-refractivity contribution is 5.94. The summed E-state index contributed by atoms with van der Waals surface area (Å²) in [6.45, 7) is 7.86. The van der Waals surface area contributed by atoms with Crippen molar-refractivity contribution >= 4 is 11.8 Å². The van der Waals surface area contributed by atoms with E-state index in [0.29, 0.717) is 24.3 Å². The Morgan fingerprint density at radius 3 is 2.54 bits per heavy atom. The summed E-state index contributed by atoms with van der Waals surface area (Å²) in [5.41, 5.74) is 2.17. The van der Waals surface area contributed by atoms with Crippen molar-refractivity contribution in [1.29, 1.82) is 0 Å². The van der Waals surface area contributed by atoms with Gasteiger partial charge < -0.3 is 10.2 Å². The number of likely N-dealkylation sites (tertiary alicyclic amines) is 1. The molecule has 1 heterocycles. The lowest BCUT2D eigenvalue weighted by Gasteiger charge is -2.17. The van der Waals surface area contributed by atoms with Crippen LogP contribution in [0.4, 0.5) is 0 Å². The van der Waals surface area contributed by atoms with Crippen LogP contribution in [0.25, 0.3) is 0 Å². The number of benzene rings is 1. The Balaban J connectivity index is 1.54. The quantitative estimate of drug-likeness (QED) is 0.791. The first-order valence-electron chi connectivity index (χ1n) is 9.88. The van der Waals surface area contributed by atoms with Crippen LogP contribution < -0.4 is 5.32 Å². The van der Waals surface area contributed by atoms with Gasteiger partial charge in [-0.25, -0.2) is 0 Å². The number of hydrogen-bond acceptors (Lipinski definition) is 2. The van der Waals surface area contributed by atoms with Crippen LogP contribution in [0.1, 0.15) is 60.9 Å². The molecule has 2 amide bonds. The van der Waals surface area contributed by atoms with E-state index in [2.05, 4.69) is 31.0 Å². The van der Waals surface area contributed by atoms with Crippen LogP contribution in [0.2, 0.25) is 0 Å². The van der Waals surface area contributed by atoms with Gasteiger partial charge in [-0.05, 0) is 60.8 Å². The maximum absolute atomic E-state index is 12.8. The molecule has 4 heteroatoms. The molecular weight excluding hydrogens is 324 g/mol. The summed E-state index contributed by atoms with van der Waals surface area (Å²) >= 11 is 0. The molecule has 0 spiro atoms. The molecule has 1 aliphatic heterocycles. The van der Waals surface area contributed by atoms with E-state index in [1.807, 2.05) is 17.0 Å². The van der Waals surface area contributed by atoms with Gasteiger partial charge in [0.05, 0.1) is 0 Å². The van der Waals surface area contributed by atoms with Crippen molar-refractivity contribution in [2.45, 2.75) is 44.9 Å². The van der Waals surface area contributed by atoms with Gasteiger partial charge in [-0.2, -0.15) is 0 Å². The van der Waals surface area contributed by atoms with Crippen molar-refractivity contribution in [3.05, 3.63) is 48.0 Å². The minimum absolute atomic E-state index is 0.132. The van der Waals surface area contributed by atoms with Crippen LogP contribution in [0.3, 0.4) is 0 Å². The van der Waals surface area contributed by atoms with Crippen molar-refractivity contribution in [1.82, 2.24) is 10.2 Å². The molecule has 1 aromatic carbocycles. The predicted octanol–water partition coefficient (Wildman–Crippen LogP) is 3.74. The number of carbonyl (C=O) groups is 2. The topological polar surface area (TPSA) is 49.4 Å². The first-order valence-corrected chi connectivity index (χ1v) is 9.88. The summed E-state index contributed by atoms with van der Waals surface area (Å²) in [5, 5.41) is 2.83. The Kier molecular flexibility index (Phi) is 6.12. The van der Waals surface area contributed by atoms with Crippen molar-refractivity contribution < 1.29 is 9.59 Å². The fourth-order valence-electron chi connectivity index (χ4n) is 4.37. The second-order valence-electron chi connectivity index (χ2n) is 7.83. The molecule has 26 heavy (non-hydrogen) atoms. The van der Waals surface area contributed by atoms with E-state index in [4.69, 9.17) is 0 Å². The standard InChI is InChI=1S/C22H30N2O2/c1-3-21(25)23-13-12-20-15-24(14-16(20)2)22(26)19-10-8-18(9-11-19)17-6-4-5-7-17/h3,8-11,16-17,20H,1,4-7,12-15H2,2H3,(H,23,25)/t16-,20-/m1/s1. The Labute approximate surface area is 156 Å². The molecule has 0 unspecified atom stereocenters. The number of amides is 2. The number of carbonyl (C=O) groups excluding carboxylic acids is 2. The third kappa shape index (κ3) is 4.35. The molecule has 3 rings (SSSR count). The highest BCUT2D eigenvalue weighted by Gasteiger charge is 2.32. The van der Waals surface area contributed by atoms with Crippen molar-refractivity contribution in [3.8, 4) is 0 Å². The Morgan fingerprint density at radius 1 is 1.19 bits per heavy atom.